The fourth-order valence-corrected chi connectivity index (χ4v) is 4.11. The number of hydrogen-bond donors (Lipinski definition) is 1. The Morgan fingerprint density at radius 2 is 2.37 bits per heavy atom. The van der Waals surface area contributed by atoms with E-state index in [1.54, 1.807) is 18.4 Å². The first-order chi connectivity index (χ1) is 9.11. The number of ether oxygens (including phenoxy) is 1. The first kappa shape index (κ1) is 15.1. The molecule has 108 valence electrons. The summed E-state index contributed by atoms with van der Waals surface area (Å²) in [6, 6.07) is 0. The zero-order valence-corrected chi connectivity index (χ0v) is 13.6. The van der Waals surface area contributed by atoms with Crippen molar-refractivity contribution in [1.82, 2.24) is 10.3 Å². The van der Waals surface area contributed by atoms with Crippen LogP contribution in [0.3, 0.4) is 0 Å². The molecular weight excluding hydrogens is 278 g/mol. The Kier molecular flexibility index (Phi) is 5.50. The van der Waals surface area contributed by atoms with Crippen molar-refractivity contribution >= 4 is 28.2 Å². The van der Waals surface area contributed by atoms with Crippen LogP contribution in [0.1, 0.15) is 18.7 Å². The lowest BCUT2D eigenvalue weighted by Gasteiger charge is -2.37. The van der Waals surface area contributed by atoms with E-state index in [-0.39, 0.29) is 0 Å². The summed E-state index contributed by atoms with van der Waals surface area (Å²) in [4.78, 5) is 8.28. The lowest BCUT2D eigenvalue weighted by atomic mass is 10.2. The molecule has 0 bridgehead atoms. The molecule has 0 unspecified atom stereocenters. The summed E-state index contributed by atoms with van der Waals surface area (Å²) < 4.78 is 5.35. The van der Waals surface area contributed by atoms with Crippen molar-refractivity contribution in [3.63, 3.8) is 0 Å². The summed E-state index contributed by atoms with van der Waals surface area (Å²) in [6.45, 7) is 9.34. The molecule has 0 spiro atoms. The molecule has 0 aromatic carbocycles. The second-order valence-corrected chi connectivity index (χ2v) is 8.20. The maximum absolute atomic E-state index is 5.02. The minimum absolute atomic E-state index is 0.334. The molecule has 0 aliphatic carbocycles. The van der Waals surface area contributed by atoms with Gasteiger partial charge in [0, 0.05) is 54.9 Å². The van der Waals surface area contributed by atoms with Crippen molar-refractivity contribution in [3.05, 3.63) is 11.1 Å². The van der Waals surface area contributed by atoms with E-state index >= 15 is 0 Å². The summed E-state index contributed by atoms with van der Waals surface area (Å²) in [6.07, 6.45) is 1.99. The van der Waals surface area contributed by atoms with E-state index in [2.05, 4.69) is 40.8 Å². The molecular formula is C13H23N3OS2. The largest absolute Gasteiger partial charge is 0.383 e. The number of thiazole rings is 1. The number of thioether (sulfide) groups is 1. The van der Waals surface area contributed by atoms with Gasteiger partial charge in [-0.05, 0) is 13.8 Å². The molecule has 0 radical (unpaired) electrons. The third-order valence-corrected chi connectivity index (χ3v) is 5.38. The number of hydrogen-bond acceptors (Lipinski definition) is 6. The summed E-state index contributed by atoms with van der Waals surface area (Å²) in [5.41, 5.74) is 0. The van der Waals surface area contributed by atoms with Crippen LogP contribution in [0.15, 0.2) is 6.20 Å². The molecule has 1 aromatic heterocycles. The van der Waals surface area contributed by atoms with E-state index in [1.165, 1.54) is 10.6 Å². The van der Waals surface area contributed by atoms with Gasteiger partial charge in [0.15, 0.2) is 5.13 Å². The molecule has 1 aromatic rings. The van der Waals surface area contributed by atoms with Crippen LogP contribution >= 0.6 is 23.1 Å². The van der Waals surface area contributed by atoms with Crippen LogP contribution in [-0.2, 0) is 11.3 Å². The van der Waals surface area contributed by atoms with E-state index in [0.29, 0.717) is 4.75 Å². The van der Waals surface area contributed by atoms with Crippen LogP contribution in [0.5, 0.6) is 0 Å². The van der Waals surface area contributed by atoms with Crippen molar-refractivity contribution in [2.24, 2.45) is 0 Å². The number of nitrogens with one attached hydrogen (secondary N) is 1. The Labute approximate surface area is 123 Å². The van der Waals surface area contributed by atoms with Crippen molar-refractivity contribution in [1.29, 1.82) is 0 Å². The quantitative estimate of drug-likeness (QED) is 0.816. The first-order valence-electron chi connectivity index (χ1n) is 6.64. The van der Waals surface area contributed by atoms with Crippen molar-refractivity contribution in [2.75, 3.05) is 44.0 Å². The van der Waals surface area contributed by atoms with Gasteiger partial charge >= 0.3 is 0 Å². The second kappa shape index (κ2) is 6.92. The van der Waals surface area contributed by atoms with Crippen LogP contribution in [-0.4, -0.2) is 48.8 Å². The summed E-state index contributed by atoms with van der Waals surface area (Å²) in [5.74, 6) is 1.19. The lowest BCUT2D eigenvalue weighted by Crippen LogP contribution is -2.43. The molecule has 19 heavy (non-hydrogen) atoms. The predicted octanol–water partition coefficient (Wildman–Crippen LogP) is 2.21. The second-order valence-electron chi connectivity index (χ2n) is 5.31. The standard InChI is InChI=1S/C13H23N3OS2/c1-13(2)10-16(5-7-18-13)12-15-9-11(19-12)8-14-4-6-17-3/h9,14H,4-8,10H2,1-3H3. The van der Waals surface area contributed by atoms with E-state index in [0.717, 1.165) is 37.9 Å². The normalized spacial score (nSPS) is 18.8. The summed E-state index contributed by atoms with van der Waals surface area (Å²) in [5, 5.41) is 4.52. The molecule has 1 N–H and O–H groups in total. The minimum atomic E-state index is 0.334. The van der Waals surface area contributed by atoms with Gasteiger partial charge in [-0.3, -0.25) is 0 Å². The highest BCUT2D eigenvalue weighted by Crippen LogP contribution is 2.33. The Morgan fingerprint density at radius 3 is 3.11 bits per heavy atom. The third-order valence-electron chi connectivity index (χ3n) is 3.02. The average molecular weight is 301 g/mol. The molecule has 1 aliphatic heterocycles. The van der Waals surface area contributed by atoms with E-state index in [1.807, 2.05) is 6.20 Å². The SMILES string of the molecule is COCCNCc1cnc(N2CCSC(C)(C)C2)s1. The Bertz CT molecular complexity index is 395. The van der Waals surface area contributed by atoms with Gasteiger partial charge in [0.05, 0.1) is 6.61 Å². The van der Waals surface area contributed by atoms with Crippen molar-refractivity contribution in [3.8, 4) is 0 Å². The zero-order valence-electron chi connectivity index (χ0n) is 11.9. The van der Waals surface area contributed by atoms with Crippen LogP contribution in [0.2, 0.25) is 0 Å². The molecule has 4 nitrogen and oxygen atoms in total. The molecule has 2 heterocycles. The third kappa shape index (κ3) is 4.63. The molecule has 6 heteroatoms. The van der Waals surface area contributed by atoms with Crippen LogP contribution < -0.4 is 10.2 Å². The highest BCUT2D eigenvalue weighted by Gasteiger charge is 2.28. The summed E-state index contributed by atoms with van der Waals surface area (Å²) >= 11 is 3.85. The zero-order chi connectivity index (χ0) is 13.7. The van der Waals surface area contributed by atoms with Gasteiger partial charge in [0.25, 0.3) is 0 Å². The fraction of sp³-hybridized carbons (Fsp3) is 0.769. The smallest absolute Gasteiger partial charge is 0.185 e. The topological polar surface area (TPSA) is 37.4 Å². The van der Waals surface area contributed by atoms with E-state index < -0.39 is 0 Å². The van der Waals surface area contributed by atoms with Crippen LogP contribution in [0.25, 0.3) is 0 Å². The predicted molar refractivity (Wildman–Crippen MR) is 84.4 cm³/mol. The highest BCUT2D eigenvalue weighted by molar-refractivity contribution is 8.00. The van der Waals surface area contributed by atoms with Gasteiger partial charge in [-0.15, -0.1) is 11.3 Å². The first-order valence-corrected chi connectivity index (χ1v) is 8.44. The van der Waals surface area contributed by atoms with Gasteiger partial charge in [-0.2, -0.15) is 11.8 Å². The van der Waals surface area contributed by atoms with Gasteiger partial charge in [-0.25, -0.2) is 4.98 Å². The number of nitrogens with zero attached hydrogens (tertiary/aromatic N) is 2. The van der Waals surface area contributed by atoms with Crippen molar-refractivity contribution < 1.29 is 4.74 Å². The van der Waals surface area contributed by atoms with Crippen LogP contribution in [0, 0.1) is 0 Å². The van der Waals surface area contributed by atoms with E-state index in [4.69, 9.17) is 4.74 Å². The van der Waals surface area contributed by atoms with Crippen molar-refractivity contribution in [2.45, 2.75) is 25.1 Å². The minimum Gasteiger partial charge on any atom is -0.383 e. The molecule has 0 amide bonds. The number of methoxy groups -OCH3 is 1. The molecule has 0 saturated carbocycles. The molecule has 0 atom stereocenters. The van der Waals surface area contributed by atoms with Crippen LogP contribution in [0.4, 0.5) is 5.13 Å². The number of anilines is 1. The Balaban J connectivity index is 1.86. The monoisotopic (exact) mass is 301 g/mol. The average Bonchev–Trinajstić information content (AvgIpc) is 2.82. The lowest BCUT2D eigenvalue weighted by molar-refractivity contribution is 0.199. The number of aromatic nitrogens is 1. The fourth-order valence-electron chi connectivity index (χ4n) is 2.09. The Hall–Kier alpha value is -0.300. The van der Waals surface area contributed by atoms with Gasteiger partial charge < -0.3 is 15.0 Å². The van der Waals surface area contributed by atoms with Gasteiger partial charge in [-0.1, -0.05) is 0 Å². The van der Waals surface area contributed by atoms with Gasteiger partial charge in [0.1, 0.15) is 0 Å². The molecule has 2 rings (SSSR count). The maximum Gasteiger partial charge on any atom is 0.185 e. The van der Waals surface area contributed by atoms with Gasteiger partial charge in [0.2, 0.25) is 0 Å². The summed E-state index contributed by atoms with van der Waals surface area (Å²) in [7, 11) is 1.72. The van der Waals surface area contributed by atoms with E-state index in [9.17, 15) is 0 Å². The molecule has 1 aliphatic rings. The molecule has 1 saturated heterocycles. The highest BCUT2D eigenvalue weighted by atomic mass is 32.2. The molecule has 1 fully saturated rings. The number of rotatable bonds is 6. The maximum atomic E-state index is 5.02. The Morgan fingerprint density at radius 1 is 1.53 bits per heavy atom.